The topological polar surface area (TPSA) is 99.4 Å². The van der Waals surface area contributed by atoms with Crippen molar-refractivity contribution >= 4 is 17.3 Å². The minimum absolute atomic E-state index is 0.0915. The molecule has 3 aromatic heterocycles. The van der Waals surface area contributed by atoms with Gasteiger partial charge in [-0.25, -0.2) is 15.0 Å². The predicted octanol–water partition coefficient (Wildman–Crippen LogP) is 5.41. The molecule has 3 rings (SSSR count). The molecule has 0 bridgehead atoms. The van der Waals surface area contributed by atoms with Gasteiger partial charge in [-0.05, 0) is 52.0 Å². The lowest BCUT2D eigenvalue weighted by molar-refractivity contribution is 0.0129. The molecule has 0 aliphatic carbocycles. The summed E-state index contributed by atoms with van der Waals surface area (Å²) in [7, 11) is 0. The van der Waals surface area contributed by atoms with Gasteiger partial charge in [-0.15, -0.1) is 0 Å². The largest absolute Gasteiger partial charge is 0.368 e. The predicted molar refractivity (Wildman–Crippen MR) is 120 cm³/mol. The van der Waals surface area contributed by atoms with E-state index in [1.807, 2.05) is 13.8 Å². The fraction of sp³-hybridized carbons (Fsp3) is 0.348. The summed E-state index contributed by atoms with van der Waals surface area (Å²) in [5, 5.41) is 15.8. The first kappa shape index (κ1) is 23.0. The summed E-state index contributed by atoms with van der Waals surface area (Å²) in [6.45, 7) is 8.30. The molecule has 0 saturated heterocycles. The Morgan fingerprint density at radius 3 is 2.34 bits per heavy atom. The lowest BCUT2D eigenvalue weighted by Crippen LogP contribution is -2.16. The van der Waals surface area contributed by atoms with E-state index in [-0.39, 0.29) is 23.3 Å². The average molecular weight is 437 g/mol. The van der Waals surface area contributed by atoms with Gasteiger partial charge >= 0.3 is 0 Å². The van der Waals surface area contributed by atoms with Crippen LogP contribution in [-0.2, 0) is 11.3 Å². The van der Waals surface area contributed by atoms with E-state index in [1.54, 1.807) is 44.3 Å². The number of halogens is 2. The van der Waals surface area contributed by atoms with Gasteiger partial charge in [-0.1, -0.05) is 6.07 Å². The zero-order chi connectivity index (χ0) is 23.5. The number of anilines is 3. The molecule has 0 amide bonds. The molecule has 0 fully saturated rings. The first-order valence-electron chi connectivity index (χ1n) is 10.1. The molecule has 9 heteroatoms. The van der Waals surface area contributed by atoms with Crippen molar-refractivity contribution in [2.75, 3.05) is 10.6 Å². The van der Waals surface area contributed by atoms with Crippen molar-refractivity contribution < 1.29 is 8.78 Å². The van der Waals surface area contributed by atoms with E-state index < -0.39 is 11.3 Å². The van der Waals surface area contributed by atoms with Gasteiger partial charge < -0.3 is 10.6 Å². The van der Waals surface area contributed by atoms with E-state index in [4.69, 9.17) is 0 Å². The van der Waals surface area contributed by atoms with Crippen molar-refractivity contribution in [1.82, 2.24) is 19.9 Å². The van der Waals surface area contributed by atoms with Crippen LogP contribution in [0.3, 0.4) is 0 Å². The maximum Gasteiger partial charge on any atom is 0.286 e. The summed E-state index contributed by atoms with van der Waals surface area (Å²) in [4.78, 5) is 17.3. The van der Waals surface area contributed by atoms with Gasteiger partial charge in [0.2, 0.25) is 0 Å². The smallest absolute Gasteiger partial charge is 0.286 e. The Kier molecular flexibility index (Phi) is 6.35. The van der Waals surface area contributed by atoms with E-state index in [2.05, 4.69) is 36.6 Å². The highest BCUT2D eigenvalue weighted by Crippen LogP contribution is 2.29. The van der Waals surface area contributed by atoms with Crippen molar-refractivity contribution in [2.45, 2.75) is 52.0 Å². The van der Waals surface area contributed by atoms with Crippen LogP contribution in [0.15, 0.2) is 42.6 Å². The second kappa shape index (κ2) is 8.83. The summed E-state index contributed by atoms with van der Waals surface area (Å²) >= 11 is 0. The summed E-state index contributed by atoms with van der Waals surface area (Å²) < 4.78 is 27.5. The highest BCUT2D eigenvalue weighted by Gasteiger charge is 2.27. The lowest BCUT2D eigenvalue weighted by Gasteiger charge is -2.17. The standard InChI is InChI=1S/C23H25F2N7/c1-14(2)28-19-12-20(29-15-9-10-27-18(11-15)22(3,4)13-26)32-21(31-19)16-7-6-8-17(30-16)23(5,24)25/h6-12,14H,1-5H3,(H2,27,28,29,31,32). The molecule has 7 nitrogen and oxygen atoms in total. The number of nitriles is 1. The van der Waals surface area contributed by atoms with E-state index in [9.17, 15) is 14.0 Å². The molecular weight excluding hydrogens is 412 g/mol. The molecule has 0 aromatic carbocycles. The number of pyridine rings is 2. The Balaban J connectivity index is 2.03. The molecule has 3 aromatic rings. The van der Waals surface area contributed by atoms with Crippen LogP contribution in [0.4, 0.5) is 26.1 Å². The number of nitrogens with one attached hydrogen (secondary N) is 2. The van der Waals surface area contributed by atoms with E-state index >= 15 is 0 Å². The van der Waals surface area contributed by atoms with Crippen molar-refractivity contribution in [2.24, 2.45) is 0 Å². The molecule has 0 atom stereocenters. The van der Waals surface area contributed by atoms with Gasteiger partial charge in [0.25, 0.3) is 5.92 Å². The first-order valence-corrected chi connectivity index (χ1v) is 10.1. The van der Waals surface area contributed by atoms with E-state index in [0.717, 1.165) is 6.92 Å². The number of rotatable bonds is 7. The molecule has 0 radical (unpaired) electrons. The van der Waals surface area contributed by atoms with Crippen LogP contribution in [0.1, 0.15) is 46.0 Å². The number of nitrogens with zero attached hydrogens (tertiary/aromatic N) is 5. The first-order chi connectivity index (χ1) is 15.0. The Hall–Kier alpha value is -3.67. The van der Waals surface area contributed by atoms with Gasteiger partial charge in [-0.2, -0.15) is 14.0 Å². The van der Waals surface area contributed by atoms with Gasteiger partial charge in [0.1, 0.15) is 23.0 Å². The third-order valence-electron chi connectivity index (χ3n) is 4.54. The SMILES string of the molecule is CC(C)Nc1cc(Nc2ccnc(C(C)(C)C#N)c2)nc(-c2cccc(C(C)(F)F)n2)n1. The fourth-order valence-corrected chi connectivity index (χ4v) is 2.85. The molecular formula is C23H25F2N7. The van der Waals surface area contributed by atoms with Crippen LogP contribution < -0.4 is 10.6 Å². The third-order valence-corrected chi connectivity index (χ3v) is 4.54. The molecule has 0 spiro atoms. The Morgan fingerprint density at radius 2 is 1.69 bits per heavy atom. The second-order valence-corrected chi connectivity index (χ2v) is 8.35. The highest BCUT2D eigenvalue weighted by atomic mass is 19.3. The van der Waals surface area contributed by atoms with E-state index in [1.165, 1.54) is 12.1 Å². The van der Waals surface area contributed by atoms with Crippen LogP contribution in [0, 0.1) is 11.3 Å². The summed E-state index contributed by atoms with van der Waals surface area (Å²) in [6.07, 6.45) is 1.61. The summed E-state index contributed by atoms with van der Waals surface area (Å²) in [5.74, 6) is -1.91. The molecule has 0 aliphatic heterocycles. The Labute approximate surface area is 186 Å². The highest BCUT2D eigenvalue weighted by molar-refractivity contribution is 5.64. The van der Waals surface area contributed by atoms with Crippen LogP contribution in [0.25, 0.3) is 11.5 Å². The molecule has 0 saturated carbocycles. The normalized spacial score (nSPS) is 11.8. The van der Waals surface area contributed by atoms with Crippen LogP contribution >= 0.6 is 0 Å². The van der Waals surface area contributed by atoms with Crippen LogP contribution in [0.5, 0.6) is 0 Å². The number of hydrogen-bond acceptors (Lipinski definition) is 7. The molecule has 2 N–H and O–H groups in total. The zero-order valence-corrected chi connectivity index (χ0v) is 18.6. The number of alkyl halides is 2. The van der Waals surface area contributed by atoms with Gasteiger partial charge in [0.05, 0.1) is 17.2 Å². The monoisotopic (exact) mass is 437 g/mol. The molecule has 32 heavy (non-hydrogen) atoms. The minimum Gasteiger partial charge on any atom is -0.368 e. The summed E-state index contributed by atoms with van der Waals surface area (Å²) in [6, 6.07) is 11.9. The molecule has 3 heterocycles. The van der Waals surface area contributed by atoms with E-state index in [0.29, 0.717) is 23.0 Å². The lowest BCUT2D eigenvalue weighted by atomic mass is 9.91. The number of aromatic nitrogens is 4. The molecule has 0 aliphatic rings. The van der Waals surface area contributed by atoms with Gasteiger partial charge in [-0.3, -0.25) is 4.98 Å². The zero-order valence-electron chi connectivity index (χ0n) is 18.6. The Bertz CT molecular complexity index is 1150. The Morgan fingerprint density at radius 1 is 0.969 bits per heavy atom. The minimum atomic E-state index is -3.08. The summed E-state index contributed by atoms with van der Waals surface area (Å²) in [5.41, 5.74) is 0.419. The van der Waals surface area contributed by atoms with Crippen molar-refractivity contribution in [3.8, 4) is 17.6 Å². The second-order valence-electron chi connectivity index (χ2n) is 8.35. The molecule has 166 valence electrons. The number of hydrogen-bond donors (Lipinski definition) is 2. The van der Waals surface area contributed by atoms with Crippen LogP contribution in [-0.4, -0.2) is 26.0 Å². The van der Waals surface area contributed by atoms with Crippen molar-refractivity contribution in [3.05, 3.63) is 54.0 Å². The average Bonchev–Trinajstić information content (AvgIpc) is 2.73. The van der Waals surface area contributed by atoms with Crippen LogP contribution in [0.2, 0.25) is 0 Å². The quantitative estimate of drug-likeness (QED) is 0.510. The van der Waals surface area contributed by atoms with Crippen molar-refractivity contribution in [1.29, 1.82) is 5.26 Å². The van der Waals surface area contributed by atoms with Crippen molar-refractivity contribution in [3.63, 3.8) is 0 Å². The fourth-order valence-electron chi connectivity index (χ4n) is 2.85. The van der Waals surface area contributed by atoms with Gasteiger partial charge in [0, 0.05) is 30.9 Å². The molecule has 0 unspecified atom stereocenters. The maximum absolute atomic E-state index is 13.8. The third kappa shape index (κ3) is 5.52. The maximum atomic E-state index is 13.8. The van der Waals surface area contributed by atoms with Gasteiger partial charge in [0.15, 0.2) is 5.82 Å².